The van der Waals surface area contributed by atoms with E-state index in [1.54, 1.807) is 6.07 Å². The van der Waals surface area contributed by atoms with Gasteiger partial charge in [-0.2, -0.15) is 0 Å². The van der Waals surface area contributed by atoms with Crippen molar-refractivity contribution in [3.05, 3.63) is 22.6 Å². The zero-order valence-electron chi connectivity index (χ0n) is 10.6. The Hall–Kier alpha value is -1.30. The van der Waals surface area contributed by atoms with Crippen LogP contribution in [0, 0.1) is 5.92 Å². The van der Waals surface area contributed by atoms with E-state index in [-0.39, 0.29) is 23.8 Å². The van der Waals surface area contributed by atoms with Gasteiger partial charge in [-0.1, -0.05) is 0 Å². The van der Waals surface area contributed by atoms with E-state index >= 15 is 0 Å². The van der Waals surface area contributed by atoms with E-state index in [9.17, 15) is 9.59 Å². The topological polar surface area (TPSA) is 68.5 Å². The molecule has 1 aliphatic rings. The van der Waals surface area contributed by atoms with Crippen LogP contribution in [0.15, 0.2) is 21.4 Å². The molecule has 0 bridgehead atoms. The van der Waals surface area contributed by atoms with Crippen molar-refractivity contribution < 1.29 is 18.7 Å². The maximum atomic E-state index is 12.0. The molecule has 0 aromatic carbocycles. The standard InChI is InChI=1S/C13H16BrNO4/c1-18-13(17)8-2-4-9(5-3-8)15-12(16)10-6-7-19-11(10)14/h6-9H,2-5H2,1H3,(H,15,16). The minimum Gasteiger partial charge on any atom is -0.469 e. The molecule has 6 heteroatoms. The average molecular weight is 330 g/mol. The molecule has 2 rings (SSSR count). The minimum atomic E-state index is -0.151. The van der Waals surface area contributed by atoms with E-state index in [0.29, 0.717) is 10.2 Å². The average Bonchev–Trinajstić information content (AvgIpc) is 2.85. The zero-order chi connectivity index (χ0) is 13.8. The highest BCUT2D eigenvalue weighted by Gasteiger charge is 2.28. The highest BCUT2D eigenvalue weighted by atomic mass is 79.9. The van der Waals surface area contributed by atoms with Gasteiger partial charge in [-0.25, -0.2) is 0 Å². The van der Waals surface area contributed by atoms with E-state index < -0.39 is 0 Å². The van der Waals surface area contributed by atoms with Gasteiger partial charge in [-0.05, 0) is 47.7 Å². The summed E-state index contributed by atoms with van der Waals surface area (Å²) in [5.74, 6) is -0.330. The Labute approximate surface area is 119 Å². The zero-order valence-corrected chi connectivity index (χ0v) is 12.2. The first-order valence-electron chi connectivity index (χ1n) is 6.23. The van der Waals surface area contributed by atoms with Crippen molar-refractivity contribution in [1.82, 2.24) is 5.32 Å². The van der Waals surface area contributed by atoms with Crippen LogP contribution < -0.4 is 5.32 Å². The van der Waals surface area contributed by atoms with Crippen LogP contribution in [0.5, 0.6) is 0 Å². The van der Waals surface area contributed by atoms with Crippen molar-refractivity contribution in [3.8, 4) is 0 Å². The predicted molar refractivity (Wildman–Crippen MR) is 71.6 cm³/mol. The van der Waals surface area contributed by atoms with Crippen LogP contribution >= 0.6 is 15.9 Å². The Bertz CT molecular complexity index is 463. The number of furan rings is 1. The number of ether oxygens (including phenoxy) is 1. The second-order valence-electron chi connectivity index (χ2n) is 4.65. The molecule has 1 N–H and O–H groups in total. The third kappa shape index (κ3) is 3.37. The summed E-state index contributed by atoms with van der Waals surface area (Å²) in [7, 11) is 1.41. The van der Waals surface area contributed by atoms with E-state index in [1.165, 1.54) is 13.4 Å². The summed E-state index contributed by atoms with van der Waals surface area (Å²) in [6.45, 7) is 0. The Morgan fingerprint density at radius 1 is 1.37 bits per heavy atom. The summed E-state index contributed by atoms with van der Waals surface area (Å²) < 4.78 is 10.2. The number of hydrogen-bond donors (Lipinski definition) is 1. The van der Waals surface area contributed by atoms with Crippen molar-refractivity contribution in [2.75, 3.05) is 7.11 Å². The molecule has 104 valence electrons. The van der Waals surface area contributed by atoms with Gasteiger partial charge in [0.25, 0.3) is 5.91 Å². The van der Waals surface area contributed by atoms with E-state index in [0.717, 1.165) is 25.7 Å². The number of amides is 1. The van der Waals surface area contributed by atoms with Crippen LogP contribution in [0.2, 0.25) is 0 Å². The number of nitrogens with one attached hydrogen (secondary N) is 1. The lowest BCUT2D eigenvalue weighted by atomic mass is 9.86. The summed E-state index contributed by atoms with van der Waals surface area (Å²) in [4.78, 5) is 23.4. The van der Waals surface area contributed by atoms with Crippen molar-refractivity contribution in [3.63, 3.8) is 0 Å². The lowest BCUT2D eigenvalue weighted by Crippen LogP contribution is -2.38. The molecular weight excluding hydrogens is 314 g/mol. The summed E-state index contributed by atoms with van der Waals surface area (Å²) in [5, 5.41) is 2.96. The van der Waals surface area contributed by atoms with E-state index in [2.05, 4.69) is 21.2 Å². The first-order chi connectivity index (χ1) is 9.11. The maximum absolute atomic E-state index is 12.0. The second kappa shape index (κ2) is 6.23. The van der Waals surface area contributed by atoms with Crippen LogP contribution in [0.3, 0.4) is 0 Å². The number of esters is 1. The number of halogens is 1. The Morgan fingerprint density at radius 3 is 2.58 bits per heavy atom. The molecule has 0 aliphatic heterocycles. The molecule has 1 amide bonds. The summed E-state index contributed by atoms with van der Waals surface area (Å²) in [6.07, 6.45) is 4.56. The fraction of sp³-hybridized carbons (Fsp3) is 0.538. The number of carbonyl (C=O) groups is 2. The third-order valence-corrected chi connectivity index (χ3v) is 4.07. The maximum Gasteiger partial charge on any atom is 0.308 e. The SMILES string of the molecule is COC(=O)C1CCC(NC(=O)c2ccoc2Br)CC1. The van der Waals surface area contributed by atoms with Gasteiger partial charge >= 0.3 is 5.97 Å². The molecule has 1 heterocycles. The van der Waals surface area contributed by atoms with Crippen LogP contribution in [-0.2, 0) is 9.53 Å². The Balaban J connectivity index is 1.85. The lowest BCUT2D eigenvalue weighted by molar-refractivity contribution is -0.146. The van der Waals surface area contributed by atoms with E-state index in [4.69, 9.17) is 9.15 Å². The lowest BCUT2D eigenvalue weighted by Gasteiger charge is -2.27. The second-order valence-corrected chi connectivity index (χ2v) is 5.37. The largest absolute Gasteiger partial charge is 0.469 e. The molecular formula is C13H16BrNO4. The molecule has 0 saturated heterocycles. The van der Waals surface area contributed by atoms with Crippen molar-refractivity contribution in [2.45, 2.75) is 31.7 Å². The quantitative estimate of drug-likeness (QED) is 0.865. The molecule has 1 aromatic rings. The first kappa shape index (κ1) is 14.1. The van der Waals surface area contributed by atoms with E-state index in [1.807, 2.05) is 0 Å². The van der Waals surface area contributed by atoms with Crippen LogP contribution in [0.1, 0.15) is 36.0 Å². The van der Waals surface area contributed by atoms with Gasteiger partial charge in [0.05, 0.1) is 24.9 Å². The van der Waals surface area contributed by atoms with Crippen LogP contribution in [-0.4, -0.2) is 25.0 Å². The molecule has 1 aromatic heterocycles. The number of rotatable bonds is 3. The van der Waals surface area contributed by atoms with Gasteiger partial charge in [0.15, 0.2) is 4.67 Å². The minimum absolute atomic E-state index is 0.0289. The van der Waals surface area contributed by atoms with Gasteiger partial charge in [-0.15, -0.1) is 0 Å². The van der Waals surface area contributed by atoms with Gasteiger partial charge in [0, 0.05) is 6.04 Å². The fourth-order valence-corrected chi connectivity index (χ4v) is 2.78. The van der Waals surface area contributed by atoms with Gasteiger partial charge in [0.1, 0.15) is 0 Å². The third-order valence-electron chi connectivity index (χ3n) is 3.46. The smallest absolute Gasteiger partial charge is 0.308 e. The molecule has 0 spiro atoms. The normalized spacial score (nSPS) is 22.8. The van der Waals surface area contributed by atoms with Crippen molar-refractivity contribution >= 4 is 27.8 Å². The molecule has 1 fully saturated rings. The molecule has 1 saturated carbocycles. The summed E-state index contributed by atoms with van der Waals surface area (Å²) in [5.41, 5.74) is 0.495. The summed E-state index contributed by atoms with van der Waals surface area (Å²) in [6, 6.07) is 1.73. The first-order valence-corrected chi connectivity index (χ1v) is 7.02. The molecule has 0 radical (unpaired) electrons. The van der Waals surface area contributed by atoms with Gasteiger partial charge < -0.3 is 14.5 Å². The van der Waals surface area contributed by atoms with Crippen LogP contribution in [0.4, 0.5) is 0 Å². The van der Waals surface area contributed by atoms with Gasteiger partial charge in [0.2, 0.25) is 0 Å². The Kier molecular flexibility index (Phi) is 4.63. The van der Waals surface area contributed by atoms with Crippen molar-refractivity contribution in [2.24, 2.45) is 5.92 Å². The van der Waals surface area contributed by atoms with Gasteiger partial charge in [-0.3, -0.25) is 9.59 Å². The number of hydrogen-bond acceptors (Lipinski definition) is 4. The molecule has 19 heavy (non-hydrogen) atoms. The fourth-order valence-electron chi connectivity index (χ4n) is 2.36. The highest BCUT2D eigenvalue weighted by molar-refractivity contribution is 9.10. The summed E-state index contributed by atoms with van der Waals surface area (Å²) >= 11 is 3.18. The van der Waals surface area contributed by atoms with Crippen molar-refractivity contribution in [1.29, 1.82) is 0 Å². The molecule has 5 nitrogen and oxygen atoms in total. The monoisotopic (exact) mass is 329 g/mol. The number of carbonyl (C=O) groups excluding carboxylic acids is 2. The predicted octanol–water partition coefficient (Wildman–Crippen LogP) is 2.50. The number of methoxy groups -OCH3 is 1. The highest BCUT2D eigenvalue weighted by Crippen LogP contribution is 2.26. The molecule has 0 atom stereocenters. The molecule has 1 aliphatic carbocycles. The Morgan fingerprint density at radius 2 is 2.05 bits per heavy atom. The molecule has 0 unspecified atom stereocenters. The van der Waals surface area contributed by atoms with Crippen LogP contribution in [0.25, 0.3) is 0 Å².